The maximum atomic E-state index is 13.2. The van der Waals surface area contributed by atoms with Gasteiger partial charge in [0.05, 0.1) is 23.4 Å². The highest BCUT2D eigenvalue weighted by molar-refractivity contribution is 6.24. The quantitative estimate of drug-likeness (QED) is 0.815. The Balaban J connectivity index is 1.69. The number of urea groups is 1. The molecule has 2 aromatic rings. The van der Waals surface area contributed by atoms with Crippen LogP contribution in [0.15, 0.2) is 47.1 Å². The Morgan fingerprint density at radius 1 is 1.19 bits per heavy atom. The first-order chi connectivity index (χ1) is 12.7. The summed E-state index contributed by atoms with van der Waals surface area (Å²) < 4.78 is 43.8. The van der Waals surface area contributed by atoms with Crippen molar-refractivity contribution in [3.8, 4) is 0 Å². The first-order valence-electron chi connectivity index (χ1n) is 8.28. The van der Waals surface area contributed by atoms with E-state index in [1.165, 1.54) is 6.26 Å². The van der Waals surface area contributed by atoms with Gasteiger partial charge in [0, 0.05) is 13.1 Å². The lowest BCUT2D eigenvalue weighted by Crippen LogP contribution is -2.52. The van der Waals surface area contributed by atoms with Gasteiger partial charge in [0.2, 0.25) is 0 Å². The van der Waals surface area contributed by atoms with E-state index < -0.39 is 35.1 Å². The molecule has 2 aliphatic rings. The van der Waals surface area contributed by atoms with E-state index in [1.807, 2.05) is 11.9 Å². The molecule has 3 amide bonds. The Hall–Kier alpha value is -2.81. The maximum absolute atomic E-state index is 13.2. The van der Waals surface area contributed by atoms with Gasteiger partial charge in [0.1, 0.15) is 11.3 Å². The van der Waals surface area contributed by atoms with Crippen molar-refractivity contribution >= 4 is 17.6 Å². The molecule has 27 heavy (non-hydrogen) atoms. The minimum atomic E-state index is -4.49. The number of amides is 3. The second kappa shape index (κ2) is 5.85. The fourth-order valence-electron chi connectivity index (χ4n) is 3.86. The average Bonchev–Trinajstić information content (AvgIpc) is 3.27. The van der Waals surface area contributed by atoms with Gasteiger partial charge in [-0.15, -0.1) is 0 Å². The number of rotatable bonds is 2. The number of anilines is 1. The van der Waals surface area contributed by atoms with E-state index in [4.69, 9.17) is 4.42 Å². The van der Waals surface area contributed by atoms with Gasteiger partial charge in [-0.3, -0.25) is 4.79 Å². The number of nitrogens with zero attached hydrogens (tertiary/aromatic N) is 2. The predicted molar refractivity (Wildman–Crippen MR) is 89.1 cm³/mol. The molecule has 2 atom stereocenters. The molecule has 0 radical (unpaired) electrons. The van der Waals surface area contributed by atoms with E-state index in [0.29, 0.717) is 12.3 Å². The lowest BCUT2D eigenvalue weighted by molar-refractivity contribution is -0.137. The number of carbonyl (C=O) groups excluding carboxylic acids is 2. The topological polar surface area (TPSA) is 65.8 Å². The predicted octanol–water partition coefficient (Wildman–Crippen LogP) is 2.82. The maximum Gasteiger partial charge on any atom is 0.416 e. The number of hydrogen-bond acceptors (Lipinski definition) is 4. The van der Waals surface area contributed by atoms with Gasteiger partial charge >= 0.3 is 12.2 Å². The molecule has 9 heteroatoms. The van der Waals surface area contributed by atoms with Gasteiger partial charge in [0.15, 0.2) is 0 Å². The molecule has 3 heterocycles. The highest BCUT2D eigenvalue weighted by atomic mass is 19.4. The highest BCUT2D eigenvalue weighted by Crippen LogP contribution is 2.41. The minimum Gasteiger partial charge on any atom is -0.469 e. The van der Waals surface area contributed by atoms with Crippen LogP contribution < -0.4 is 10.2 Å². The Labute approximate surface area is 152 Å². The standard InChI is InChI=1S/C18H16F3N3O3/c1-23-9-13(14-3-2-8-27-14)17(10-23)15(25)24(16(26)22-17)12-6-4-11(5-7-12)18(19,20)21/h2-8,13H,9-10H2,1H3,(H,22,26)/t13-,17+/m1/s1. The molecule has 1 aromatic carbocycles. The number of furan rings is 1. The van der Waals surface area contributed by atoms with Gasteiger partial charge in [-0.05, 0) is 43.4 Å². The number of benzene rings is 1. The van der Waals surface area contributed by atoms with Gasteiger partial charge in [-0.1, -0.05) is 0 Å². The summed E-state index contributed by atoms with van der Waals surface area (Å²) in [6, 6.07) is 6.74. The lowest BCUT2D eigenvalue weighted by Gasteiger charge is -2.26. The highest BCUT2D eigenvalue weighted by Gasteiger charge is 2.61. The molecule has 1 spiro atoms. The molecule has 2 aliphatic heterocycles. The fourth-order valence-corrected chi connectivity index (χ4v) is 3.86. The van der Waals surface area contributed by atoms with Crippen LogP contribution in [-0.2, 0) is 11.0 Å². The van der Waals surface area contributed by atoms with Gasteiger partial charge in [-0.25, -0.2) is 9.69 Å². The van der Waals surface area contributed by atoms with Crippen LogP contribution in [0.1, 0.15) is 17.2 Å². The summed E-state index contributed by atoms with van der Waals surface area (Å²) in [4.78, 5) is 28.6. The fraction of sp³-hybridized carbons (Fsp3) is 0.333. The van der Waals surface area contributed by atoms with Gasteiger partial charge in [-0.2, -0.15) is 13.2 Å². The SMILES string of the molecule is CN1C[C@H](c2ccco2)[C@]2(C1)NC(=O)N(c1ccc(C(F)(F)F)cc1)C2=O. The summed E-state index contributed by atoms with van der Waals surface area (Å²) in [5, 5.41) is 2.75. The number of likely N-dealkylation sites (N-methyl/N-ethyl adjacent to an activating group) is 1. The van der Waals surface area contributed by atoms with Crippen molar-refractivity contribution in [2.45, 2.75) is 17.6 Å². The van der Waals surface area contributed by atoms with Crippen LogP contribution in [0.3, 0.4) is 0 Å². The molecular weight excluding hydrogens is 363 g/mol. The molecule has 0 saturated carbocycles. The Morgan fingerprint density at radius 2 is 1.89 bits per heavy atom. The van der Waals surface area contributed by atoms with E-state index in [1.54, 1.807) is 12.1 Å². The summed E-state index contributed by atoms with van der Waals surface area (Å²) in [6.45, 7) is 0.778. The van der Waals surface area contributed by atoms with Crippen LogP contribution in [0.25, 0.3) is 0 Å². The molecule has 4 rings (SSSR count). The molecule has 6 nitrogen and oxygen atoms in total. The van der Waals surface area contributed by atoms with E-state index in [9.17, 15) is 22.8 Å². The summed E-state index contributed by atoms with van der Waals surface area (Å²) in [5.41, 5.74) is -1.97. The monoisotopic (exact) mass is 379 g/mol. The van der Waals surface area contributed by atoms with Crippen LogP contribution in [0.2, 0.25) is 0 Å². The molecule has 1 N–H and O–H groups in total. The number of carbonyl (C=O) groups is 2. The minimum absolute atomic E-state index is 0.0927. The molecule has 0 bridgehead atoms. The second-order valence-electron chi connectivity index (χ2n) is 6.85. The second-order valence-corrected chi connectivity index (χ2v) is 6.85. The van der Waals surface area contributed by atoms with Crippen LogP contribution in [0.4, 0.5) is 23.7 Å². The number of hydrogen-bond donors (Lipinski definition) is 1. The van der Waals surface area contributed by atoms with Crippen molar-refractivity contribution in [1.82, 2.24) is 10.2 Å². The Kier molecular flexibility index (Phi) is 3.81. The number of halogens is 3. The third-order valence-electron chi connectivity index (χ3n) is 5.07. The number of imide groups is 1. The van der Waals surface area contributed by atoms with Gasteiger partial charge < -0.3 is 14.6 Å². The summed E-state index contributed by atoms with van der Waals surface area (Å²) in [5.74, 6) is -0.325. The molecular formula is C18H16F3N3O3. The Bertz CT molecular complexity index is 880. The lowest BCUT2D eigenvalue weighted by atomic mass is 9.85. The summed E-state index contributed by atoms with van der Waals surface area (Å²) >= 11 is 0. The van der Waals surface area contributed by atoms with Crippen molar-refractivity contribution in [3.63, 3.8) is 0 Å². The number of alkyl halides is 3. The van der Waals surface area contributed by atoms with Crippen molar-refractivity contribution in [2.24, 2.45) is 0 Å². The van der Waals surface area contributed by atoms with Crippen LogP contribution in [0.5, 0.6) is 0 Å². The normalized spacial score (nSPS) is 26.2. The third kappa shape index (κ3) is 2.69. The smallest absolute Gasteiger partial charge is 0.416 e. The summed E-state index contributed by atoms with van der Waals surface area (Å²) in [6.07, 6.45) is -2.99. The third-order valence-corrected chi connectivity index (χ3v) is 5.07. The summed E-state index contributed by atoms with van der Waals surface area (Å²) in [7, 11) is 1.82. The Morgan fingerprint density at radius 3 is 2.48 bits per heavy atom. The number of likely N-dealkylation sites (tertiary alicyclic amines) is 1. The van der Waals surface area contributed by atoms with Crippen molar-refractivity contribution in [2.75, 3.05) is 25.0 Å². The zero-order valence-corrected chi connectivity index (χ0v) is 14.3. The van der Waals surface area contributed by atoms with Crippen molar-refractivity contribution < 1.29 is 27.2 Å². The van der Waals surface area contributed by atoms with E-state index in [-0.39, 0.29) is 12.2 Å². The zero-order valence-electron chi connectivity index (χ0n) is 14.3. The van der Waals surface area contributed by atoms with Crippen molar-refractivity contribution in [3.05, 3.63) is 54.0 Å². The van der Waals surface area contributed by atoms with E-state index >= 15 is 0 Å². The van der Waals surface area contributed by atoms with E-state index in [0.717, 1.165) is 29.2 Å². The zero-order chi connectivity index (χ0) is 19.4. The van der Waals surface area contributed by atoms with Crippen LogP contribution in [-0.4, -0.2) is 42.5 Å². The average molecular weight is 379 g/mol. The van der Waals surface area contributed by atoms with Crippen LogP contribution in [0, 0.1) is 0 Å². The molecule has 1 aromatic heterocycles. The van der Waals surface area contributed by atoms with E-state index in [2.05, 4.69) is 5.32 Å². The van der Waals surface area contributed by atoms with Crippen LogP contribution >= 0.6 is 0 Å². The molecule has 0 aliphatic carbocycles. The first kappa shape index (κ1) is 17.6. The van der Waals surface area contributed by atoms with Gasteiger partial charge in [0.25, 0.3) is 5.91 Å². The molecule has 142 valence electrons. The molecule has 2 fully saturated rings. The molecule has 0 unspecified atom stereocenters. The molecule has 2 saturated heterocycles. The first-order valence-corrected chi connectivity index (χ1v) is 8.28. The van der Waals surface area contributed by atoms with Crippen molar-refractivity contribution in [1.29, 1.82) is 0 Å². The number of nitrogens with one attached hydrogen (secondary N) is 1. The largest absolute Gasteiger partial charge is 0.469 e.